The van der Waals surface area contributed by atoms with E-state index < -0.39 is 0 Å². The topological polar surface area (TPSA) is 24.5 Å². The molecule has 0 aliphatic heterocycles. The maximum Gasteiger partial charge on any atom is 0.0724 e. The standard InChI is InChI=1S/C14H30N2O/c1-11(2)13(10-16(3)4)15-12-8-6-7-9-14(12)17-5/h11-15H,6-10H2,1-5H3. The zero-order valence-electron chi connectivity index (χ0n) is 12.2. The number of nitrogens with zero attached hydrogens (tertiary/aromatic N) is 1. The Labute approximate surface area is 107 Å². The molecule has 0 bridgehead atoms. The lowest BCUT2D eigenvalue weighted by Crippen LogP contribution is -2.52. The van der Waals surface area contributed by atoms with Gasteiger partial charge in [-0.15, -0.1) is 0 Å². The van der Waals surface area contributed by atoms with Crippen LogP contribution in [0.3, 0.4) is 0 Å². The van der Waals surface area contributed by atoms with Crippen LogP contribution in [0.5, 0.6) is 0 Å². The highest BCUT2D eigenvalue weighted by molar-refractivity contribution is 4.86. The molecular formula is C14H30N2O. The summed E-state index contributed by atoms with van der Waals surface area (Å²) in [6, 6.07) is 1.10. The lowest BCUT2D eigenvalue weighted by molar-refractivity contribution is 0.0338. The molecule has 17 heavy (non-hydrogen) atoms. The zero-order valence-corrected chi connectivity index (χ0v) is 12.2. The highest BCUT2D eigenvalue weighted by Gasteiger charge is 2.27. The Morgan fingerprint density at radius 3 is 2.41 bits per heavy atom. The molecule has 3 heteroatoms. The first-order valence-corrected chi connectivity index (χ1v) is 6.98. The van der Waals surface area contributed by atoms with E-state index in [2.05, 4.69) is 38.2 Å². The third-order valence-corrected chi connectivity index (χ3v) is 3.80. The quantitative estimate of drug-likeness (QED) is 0.772. The minimum absolute atomic E-state index is 0.409. The second kappa shape index (κ2) is 7.34. The fourth-order valence-corrected chi connectivity index (χ4v) is 2.69. The van der Waals surface area contributed by atoms with Crippen molar-refractivity contribution in [3.8, 4) is 0 Å². The van der Waals surface area contributed by atoms with E-state index in [0.717, 1.165) is 6.54 Å². The molecule has 0 amide bonds. The van der Waals surface area contributed by atoms with E-state index in [0.29, 0.717) is 24.1 Å². The maximum atomic E-state index is 5.61. The van der Waals surface area contributed by atoms with Gasteiger partial charge in [0.25, 0.3) is 0 Å². The molecule has 0 aromatic heterocycles. The highest BCUT2D eigenvalue weighted by atomic mass is 16.5. The molecule has 0 radical (unpaired) electrons. The predicted octanol–water partition coefficient (Wildman–Crippen LogP) is 2.12. The summed E-state index contributed by atoms with van der Waals surface area (Å²) in [6.45, 7) is 5.70. The monoisotopic (exact) mass is 242 g/mol. The first kappa shape index (κ1) is 14.9. The first-order valence-electron chi connectivity index (χ1n) is 6.98. The van der Waals surface area contributed by atoms with Crippen LogP contribution in [-0.4, -0.2) is 50.8 Å². The Balaban J connectivity index is 2.51. The maximum absolute atomic E-state index is 5.61. The number of nitrogens with one attached hydrogen (secondary N) is 1. The van der Waals surface area contributed by atoms with Crippen LogP contribution in [0.15, 0.2) is 0 Å². The van der Waals surface area contributed by atoms with Crippen LogP contribution in [0.25, 0.3) is 0 Å². The zero-order chi connectivity index (χ0) is 12.8. The number of methoxy groups -OCH3 is 1. The lowest BCUT2D eigenvalue weighted by Gasteiger charge is -2.36. The van der Waals surface area contributed by atoms with Crippen molar-refractivity contribution in [2.45, 2.75) is 57.7 Å². The van der Waals surface area contributed by atoms with E-state index in [1.54, 1.807) is 0 Å². The van der Waals surface area contributed by atoms with Gasteiger partial charge in [0.2, 0.25) is 0 Å². The van der Waals surface area contributed by atoms with Gasteiger partial charge in [0, 0.05) is 25.7 Å². The number of ether oxygens (including phenoxy) is 1. The van der Waals surface area contributed by atoms with E-state index in [9.17, 15) is 0 Å². The van der Waals surface area contributed by atoms with Crippen LogP contribution in [0, 0.1) is 5.92 Å². The molecule has 1 saturated carbocycles. The molecular weight excluding hydrogens is 212 g/mol. The molecule has 1 aliphatic carbocycles. The number of rotatable bonds is 6. The molecule has 1 aliphatic rings. The number of hydrogen-bond donors (Lipinski definition) is 1. The van der Waals surface area contributed by atoms with E-state index in [4.69, 9.17) is 4.74 Å². The molecule has 0 heterocycles. The fraction of sp³-hybridized carbons (Fsp3) is 1.00. The third kappa shape index (κ3) is 4.94. The van der Waals surface area contributed by atoms with Crippen molar-refractivity contribution in [2.24, 2.45) is 5.92 Å². The molecule has 3 atom stereocenters. The second-order valence-corrected chi connectivity index (χ2v) is 5.94. The Bertz CT molecular complexity index is 206. The van der Waals surface area contributed by atoms with Gasteiger partial charge in [-0.05, 0) is 32.9 Å². The Morgan fingerprint density at radius 1 is 1.24 bits per heavy atom. The summed E-state index contributed by atoms with van der Waals surface area (Å²) < 4.78 is 5.61. The van der Waals surface area contributed by atoms with Crippen LogP contribution < -0.4 is 5.32 Å². The van der Waals surface area contributed by atoms with Crippen molar-refractivity contribution in [2.75, 3.05) is 27.7 Å². The largest absolute Gasteiger partial charge is 0.380 e. The Morgan fingerprint density at radius 2 is 1.88 bits per heavy atom. The smallest absolute Gasteiger partial charge is 0.0724 e. The van der Waals surface area contributed by atoms with Gasteiger partial charge in [0.15, 0.2) is 0 Å². The van der Waals surface area contributed by atoms with Crippen LogP contribution in [0.1, 0.15) is 39.5 Å². The summed E-state index contributed by atoms with van der Waals surface area (Å²) >= 11 is 0. The van der Waals surface area contributed by atoms with Crippen molar-refractivity contribution >= 4 is 0 Å². The molecule has 3 nitrogen and oxygen atoms in total. The molecule has 1 rings (SSSR count). The van der Waals surface area contributed by atoms with Gasteiger partial charge < -0.3 is 15.0 Å². The summed E-state index contributed by atoms with van der Waals surface area (Å²) in [6.07, 6.45) is 5.53. The van der Waals surface area contributed by atoms with Crippen molar-refractivity contribution < 1.29 is 4.74 Å². The van der Waals surface area contributed by atoms with Crippen molar-refractivity contribution in [3.63, 3.8) is 0 Å². The van der Waals surface area contributed by atoms with Crippen molar-refractivity contribution in [3.05, 3.63) is 0 Å². The van der Waals surface area contributed by atoms with Crippen molar-refractivity contribution in [1.82, 2.24) is 10.2 Å². The van der Waals surface area contributed by atoms with Gasteiger partial charge in [0.05, 0.1) is 6.10 Å². The molecule has 102 valence electrons. The van der Waals surface area contributed by atoms with Gasteiger partial charge in [-0.3, -0.25) is 0 Å². The molecule has 0 aromatic carbocycles. The van der Waals surface area contributed by atoms with E-state index in [1.165, 1.54) is 25.7 Å². The second-order valence-electron chi connectivity index (χ2n) is 5.94. The van der Waals surface area contributed by atoms with E-state index in [-0.39, 0.29) is 0 Å². The van der Waals surface area contributed by atoms with Gasteiger partial charge in [-0.25, -0.2) is 0 Å². The number of likely N-dealkylation sites (N-methyl/N-ethyl adjacent to an activating group) is 1. The molecule has 1 N–H and O–H groups in total. The average Bonchev–Trinajstić information content (AvgIpc) is 2.28. The van der Waals surface area contributed by atoms with Gasteiger partial charge >= 0.3 is 0 Å². The van der Waals surface area contributed by atoms with Crippen LogP contribution in [0.4, 0.5) is 0 Å². The van der Waals surface area contributed by atoms with Gasteiger partial charge in [-0.2, -0.15) is 0 Å². The first-order chi connectivity index (χ1) is 8.04. The molecule has 0 saturated heterocycles. The van der Waals surface area contributed by atoms with Gasteiger partial charge in [-0.1, -0.05) is 26.7 Å². The minimum atomic E-state index is 0.409. The predicted molar refractivity (Wildman–Crippen MR) is 73.4 cm³/mol. The summed E-state index contributed by atoms with van der Waals surface area (Å²) in [4.78, 5) is 2.27. The Kier molecular flexibility index (Phi) is 6.45. The minimum Gasteiger partial charge on any atom is -0.380 e. The fourth-order valence-electron chi connectivity index (χ4n) is 2.69. The van der Waals surface area contributed by atoms with E-state index in [1.807, 2.05) is 7.11 Å². The third-order valence-electron chi connectivity index (χ3n) is 3.80. The van der Waals surface area contributed by atoms with Crippen LogP contribution >= 0.6 is 0 Å². The summed E-state index contributed by atoms with van der Waals surface area (Å²) in [5.74, 6) is 0.664. The molecule has 0 aromatic rings. The van der Waals surface area contributed by atoms with Crippen LogP contribution in [-0.2, 0) is 4.74 Å². The highest BCUT2D eigenvalue weighted by Crippen LogP contribution is 2.22. The molecule has 0 spiro atoms. The van der Waals surface area contributed by atoms with E-state index >= 15 is 0 Å². The lowest BCUT2D eigenvalue weighted by atomic mass is 9.90. The van der Waals surface area contributed by atoms with Crippen LogP contribution in [0.2, 0.25) is 0 Å². The number of hydrogen-bond acceptors (Lipinski definition) is 3. The summed E-state index contributed by atoms with van der Waals surface area (Å²) in [5.41, 5.74) is 0. The normalized spacial score (nSPS) is 27.7. The SMILES string of the molecule is COC1CCCCC1NC(CN(C)C)C(C)C. The molecule has 3 unspecified atom stereocenters. The average molecular weight is 242 g/mol. The van der Waals surface area contributed by atoms with Crippen molar-refractivity contribution in [1.29, 1.82) is 0 Å². The van der Waals surface area contributed by atoms with Gasteiger partial charge in [0.1, 0.15) is 0 Å². The Hall–Kier alpha value is -0.120. The summed E-state index contributed by atoms with van der Waals surface area (Å²) in [5, 5.41) is 3.82. The summed E-state index contributed by atoms with van der Waals surface area (Å²) in [7, 11) is 6.14. The molecule has 1 fully saturated rings.